The van der Waals surface area contributed by atoms with Crippen LogP contribution in [-0.4, -0.2) is 57.4 Å². The van der Waals surface area contributed by atoms with Crippen molar-refractivity contribution in [3.63, 3.8) is 0 Å². The summed E-state index contributed by atoms with van der Waals surface area (Å²) < 4.78 is 1.76. The lowest BCUT2D eigenvalue weighted by molar-refractivity contribution is 0.284. The van der Waals surface area contributed by atoms with E-state index in [9.17, 15) is 0 Å². The van der Waals surface area contributed by atoms with E-state index < -0.39 is 0 Å². The molecule has 8 heteroatoms. The number of aromatic nitrogens is 4. The van der Waals surface area contributed by atoms with Crippen LogP contribution in [0.5, 0.6) is 0 Å². The summed E-state index contributed by atoms with van der Waals surface area (Å²) in [5.41, 5.74) is 3.11. The molecule has 1 saturated heterocycles. The van der Waals surface area contributed by atoms with Gasteiger partial charge in [-0.05, 0) is 31.2 Å². The number of anilines is 1. The third-order valence-corrected chi connectivity index (χ3v) is 5.63. The quantitative estimate of drug-likeness (QED) is 0.611. The second kappa shape index (κ2) is 8.95. The molecule has 0 bridgehead atoms. The summed E-state index contributed by atoms with van der Waals surface area (Å²) in [6, 6.07) is 7.42. The molecule has 2 aromatic heterocycles. The number of benzene rings is 1. The Bertz CT molecular complexity index is 994. The van der Waals surface area contributed by atoms with E-state index >= 15 is 0 Å². The fraction of sp³-hybridized carbons (Fsp3) is 0.286. The summed E-state index contributed by atoms with van der Waals surface area (Å²) in [5, 5.41) is 5.87. The summed E-state index contributed by atoms with van der Waals surface area (Å²) in [5.74, 6) is 0.584. The molecule has 0 amide bonds. The number of nitrogens with zero attached hydrogens (tertiary/aromatic N) is 6. The van der Waals surface area contributed by atoms with Crippen molar-refractivity contribution in [2.75, 3.05) is 37.6 Å². The first-order valence-electron chi connectivity index (χ1n) is 9.53. The van der Waals surface area contributed by atoms with Gasteiger partial charge in [0.05, 0.1) is 22.6 Å². The van der Waals surface area contributed by atoms with E-state index in [4.69, 9.17) is 23.2 Å². The van der Waals surface area contributed by atoms with Crippen LogP contribution in [0, 0.1) is 6.92 Å². The fourth-order valence-electron chi connectivity index (χ4n) is 3.42. The number of rotatable bonds is 5. The zero-order valence-corrected chi connectivity index (χ0v) is 17.7. The monoisotopic (exact) mass is 428 g/mol. The fourth-order valence-corrected chi connectivity index (χ4v) is 3.82. The average molecular weight is 429 g/mol. The van der Waals surface area contributed by atoms with Gasteiger partial charge in [-0.3, -0.25) is 4.90 Å². The highest BCUT2D eigenvalue weighted by Gasteiger charge is 2.18. The third-order valence-electron chi connectivity index (χ3n) is 5.07. The molecule has 1 aromatic carbocycles. The van der Waals surface area contributed by atoms with Crippen molar-refractivity contribution in [1.82, 2.24) is 24.6 Å². The van der Waals surface area contributed by atoms with Gasteiger partial charge in [-0.15, -0.1) is 0 Å². The summed E-state index contributed by atoms with van der Waals surface area (Å²) in [7, 11) is 0. The Kier molecular flexibility index (Phi) is 6.13. The predicted molar refractivity (Wildman–Crippen MR) is 118 cm³/mol. The van der Waals surface area contributed by atoms with Crippen LogP contribution >= 0.6 is 23.2 Å². The van der Waals surface area contributed by atoms with E-state index in [2.05, 4.69) is 37.0 Å². The molecule has 1 aliphatic rings. The molecule has 0 unspecified atom stereocenters. The topological polar surface area (TPSA) is 50.1 Å². The van der Waals surface area contributed by atoms with Crippen LogP contribution in [0.2, 0.25) is 10.0 Å². The van der Waals surface area contributed by atoms with Gasteiger partial charge >= 0.3 is 0 Å². The Morgan fingerprint density at radius 3 is 2.59 bits per heavy atom. The third kappa shape index (κ3) is 4.61. The lowest BCUT2D eigenvalue weighted by atomic mass is 10.2. The van der Waals surface area contributed by atoms with Crippen molar-refractivity contribution in [1.29, 1.82) is 0 Å². The largest absolute Gasteiger partial charge is 0.368 e. The van der Waals surface area contributed by atoms with Gasteiger partial charge in [0, 0.05) is 55.7 Å². The zero-order valence-electron chi connectivity index (χ0n) is 16.2. The molecule has 1 aliphatic heterocycles. The molecule has 1 fully saturated rings. The van der Waals surface area contributed by atoms with E-state index in [0.29, 0.717) is 11.0 Å². The molecule has 0 atom stereocenters. The lowest BCUT2D eigenvalue weighted by Crippen LogP contribution is -2.46. The van der Waals surface area contributed by atoms with E-state index in [0.717, 1.165) is 54.7 Å². The number of halogens is 2. The lowest BCUT2D eigenvalue weighted by Gasteiger charge is -2.36. The Morgan fingerprint density at radius 1 is 1.07 bits per heavy atom. The Labute approximate surface area is 180 Å². The van der Waals surface area contributed by atoms with Gasteiger partial charge in [0.15, 0.2) is 0 Å². The van der Waals surface area contributed by atoms with E-state index in [-0.39, 0.29) is 0 Å². The number of piperazine rings is 1. The molecule has 3 heterocycles. The molecule has 150 valence electrons. The maximum atomic E-state index is 6.34. The van der Waals surface area contributed by atoms with Crippen LogP contribution in [-0.2, 0) is 0 Å². The first kappa shape index (κ1) is 19.9. The van der Waals surface area contributed by atoms with Crippen molar-refractivity contribution in [2.45, 2.75) is 6.92 Å². The van der Waals surface area contributed by atoms with Gasteiger partial charge in [-0.2, -0.15) is 5.10 Å². The first-order valence-corrected chi connectivity index (χ1v) is 10.3. The van der Waals surface area contributed by atoms with E-state index in [1.807, 2.05) is 31.3 Å². The molecule has 0 N–H and O–H groups in total. The molecule has 0 radical (unpaired) electrons. The highest BCUT2D eigenvalue weighted by atomic mass is 35.5. The summed E-state index contributed by atoms with van der Waals surface area (Å²) in [6.07, 6.45) is 9.58. The molecular weight excluding hydrogens is 407 g/mol. The van der Waals surface area contributed by atoms with Crippen molar-refractivity contribution in [2.24, 2.45) is 0 Å². The molecule has 6 nitrogen and oxygen atoms in total. The Morgan fingerprint density at radius 2 is 1.83 bits per heavy atom. The SMILES string of the molecule is Cc1c(/C=C/CN2CCN(c3cc(Cl)ccc3Cl)CC2)cnn1-c1ncccn1. The Hall–Kier alpha value is -2.41. The van der Waals surface area contributed by atoms with Crippen LogP contribution in [0.25, 0.3) is 12.0 Å². The Balaban J connectivity index is 1.33. The van der Waals surface area contributed by atoms with Gasteiger partial charge in [-0.25, -0.2) is 14.6 Å². The van der Waals surface area contributed by atoms with Gasteiger partial charge in [0.25, 0.3) is 5.95 Å². The van der Waals surface area contributed by atoms with E-state index in [1.165, 1.54) is 0 Å². The van der Waals surface area contributed by atoms with Crippen LogP contribution in [0.1, 0.15) is 11.3 Å². The minimum absolute atomic E-state index is 0.584. The van der Waals surface area contributed by atoms with Crippen molar-refractivity contribution in [3.8, 4) is 5.95 Å². The second-order valence-corrected chi connectivity index (χ2v) is 7.78. The first-order chi connectivity index (χ1) is 14.1. The maximum absolute atomic E-state index is 6.34. The summed E-state index contributed by atoms with van der Waals surface area (Å²) in [4.78, 5) is 13.2. The minimum atomic E-state index is 0.584. The van der Waals surface area contributed by atoms with Crippen LogP contribution < -0.4 is 4.90 Å². The van der Waals surface area contributed by atoms with Gasteiger partial charge in [0.2, 0.25) is 0 Å². The van der Waals surface area contributed by atoms with Crippen molar-refractivity contribution < 1.29 is 0 Å². The molecule has 0 aliphatic carbocycles. The molecule has 0 saturated carbocycles. The normalized spacial score (nSPS) is 15.3. The average Bonchev–Trinajstić information content (AvgIpc) is 3.11. The highest BCUT2D eigenvalue weighted by molar-refractivity contribution is 6.35. The van der Waals surface area contributed by atoms with Crippen LogP contribution in [0.4, 0.5) is 5.69 Å². The van der Waals surface area contributed by atoms with Gasteiger partial charge < -0.3 is 4.90 Å². The number of hydrogen-bond donors (Lipinski definition) is 0. The van der Waals surface area contributed by atoms with E-state index in [1.54, 1.807) is 23.1 Å². The molecular formula is C21H22Cl2N6. The maximum Gasteiger partial charge on any atom is 0.250 e. The van der Waals surface area contributed by atoms with Crippen LogP contribution in [0.3, 0.4) is 0 Å². The summed E-state index contributed by atoms with van der Waals surface area (Å²) >= 11 is 12.5. The second-order valence-electron chi connectivity index (χ2n) is 6.93. The molecule has 4 rings (SSSR count). The standard InChI is InChI=1S/C21H22Cl2N6/c1-16-17(15-26-29(16)21-24-7-3-8-25-21)4-2-9-27-10-12-28(13-11-27)20-14-18(22)5-6-19(20)23/h2-8,14-15H,9-13H2,1H3/b4-2+. The molecule has 29 heavy (non-hydrogen) atoms. The predicted octanol–water partition coefficient (Wildman–Crippen LogP) is 4.11. The molecule has 0 spiro atoms. The molecule has 3 aromatic rings. The van der Waals surface area contributed by atoms with Gasteiger partial charge in [-0.1, -0.05) is 35.4 Å². The number of hydrogen-bond acceptors (Lipinski definition) is 5. The minimum Gasteiger partial charge on any atom is -0.368 e. The smallest absolute Gasteiger partial charge is 0.250 e. The van der Waals surface area contributed by atoms with Crippen molar-refractivity contribution >= 4 is 35.0 Å². The summed E-state index contributed by atoms with van der Waals surface area (Å²) in [6.45, 7) is 6.72. The van der Waals surface area contributed by atoms with Crippen LogP contribution in [0.15, 0.2) is 48.9 Å². The van der Waals surface area contributed by atoms with Gasteiger partial charge in [0.1, 0.15) is 0 Å². The zero-order chi connectivity index (χ0) is 20.2. The van der Waals surface area contributed by atoms with Crippen molar-refractivity contribution in [3.05, 3.63) is 70.2 Å². The highest BCUT2D eigenvalue weighted by Crippen LogP contribution is 2.29.